The summed E-state index contributed by atoms with van der Waals surface area (Å²) in [4.78, 5) is 25.0. The highest BCUT2D eigenvalue weighted by molar-refractivity contribution is 9.11. The van der Waals surface area contributed by atoms with Crippen LogP contribution in [0.25, 0.3) is 0 Å². The molecule has 0 amide bonds. The Morgan fingerprint density at radius 3 is 2.17 bits per heavy atom. The van der Waals surface area contributed by atoms with E-state index in [1.807, 2.05) is 39.0 Å². The molecule has 0 bridgehead atoms. The minimum absolute atomic E-state index is 0.0264. The summed E-state index contributed by atoms with van der Waals surface area (Å²) in [6.07, 6.45) is -0.147. The number of ketones is 1. The Kier molecular flexibility index (Phi) is 9.43. The summed E-state index contributed by atoms with van der Waals surface area (Å²) in [6.45, 7) is 6.14. The molecule has 4 aromatic rings. The summed E-state index contributed by atoms with van der Waals surface area (Å²) < 4.78 is 27.0. The van der Waals surface area contributed by atoms with Crippen molar-refractivity contribution in [1.29, 1.82) is 0 Å². The van der Waals surface area contributed by atoms with Crippen molar-refractivity contribution in [2.45, 2.75) is 39.7 Å². The molecule has 0 spiro atoms. The van der Waals surface area contributed by atoms with Crippen LogP contribution in [0.5, 0.6) is 17.2 Å². The van der Waals surface area contributed by atoms with Crippen LogP contribution in [0.2, 0.25) is 0 Å². The third-order valence-corrected chi connectivity index (χ3v) is 7.37. The van der Waals surface area contributed by atoms with Crippen molar-refractivity contribution in [2.75, 3.05) is 0 Å². The van der Waals surface area contributed by atoms with Gasteiger partial charge < -0.3 is 14.6 Å². The SMILES string of the molecule is Cc1cccc(C(=O)c2cc(OCc3ccc(F)cc3)c(C(C)C)cc2Oc2c(Br)cc(CC(=O)O)cc2Br)c1. The number of ether oxygens (including phenoxy) is 2. The van der Waals surface area contributed by atoms with Crippen molar-refractivity contribution in [1.82, 2.24) is 0 Å². The van der Waals surface area contributed by atoms with Crippen LogP contribution < -0.4 is 9.47 Å². The van der Waals surface area contributed by atoms with E-state index in [0.29, 0.717) is 42.9 Å². The molecule has 5 nitrogen and oxygen atoms in total. The molecule has 1 N–H and O–H groups in total. The molecule has 0 radical (unpaired) electrons. The second-order valence-corrected chi connectivity index (χ2v) is 11.4. The molecule has 8 heteroatoms. The molecule has 206 valence electrons. The molecular formula is C32H27Br2FO5. The van der Waals surface area contributed by atoms with E-state index in [-0.39, 0.29) is 30.5 Å². The van der Waals surface area contributed by atoms with Crippen molar-refractivity contribution in [2.24, 2.45) is 0 Å². The smallest absolute Gasteiger partial charge is 0.307 e. The third-order valence-electron chi connectivity index (χ3n) is 6.19. The topological polar surface area (TPSA) is 72.8 Å². The lowest BCUT2D eigenvalue weighted by atomic mass is 9.95. The van der Waals surface area contributed by atoms with E-state index >= 15 is 0 Å². The van der Waals surface area contributed by atoms with E-state index in [1.165, 1.54) is 12.1 Å². The van der Waals surface area contributed by atoms with Gasteiger partial charge in [0.25, 0.3) is 0 Å². The van der Waals surface area contributed by atoms with Crippen molar-refractivity contribution < 1.29 is 28.6 Å². The van der Waals surface area contributed by atoms with E-state index in [0.717, 1.165) is 16.7 Å². The quantitative estimate of drug-likeness (QED) is 0.171. The van der Waals surface area contributed by atoms with Gasteiger partial charge in [-0.2, -0.15) is 0 Å². The summed E-state index contributed by atoms with van der Waals surface area (Å²) in [5.41, 5.74) is 3.95. The van der Waals surface area contributed by atoms with Crippen LogP contribution >= 0.6 is 31.9 Å². The van der Waals surface area contributed by atoms with Gasteiger partial charge in [0.15, 0.2) is 11.5 Å². The van der Waals surface area contributed by atoms with Crippen LogP contribution in [-0.4, -0.2) is 16.9 Å². The molecule has 0 atom stereocenters. The molecule has 0 aliphatic carbocycles. The van der Waals surface area contributed by atoms with Gasteiger partial charge in [0.2, 0.25) is 0 Å². The van der Waals surface area contributed by atoms with Gasteiger partial charge >= 0.3 is 5.97 Å². The van der Waals surface area contributed by atoms with Gasteiger partial charge in [0.1, 0.15) is 23.9 Å². The Morgan fingerprint density at radius 1 is 0.900 bits per heavy atom. The number of aliphatic carboxylic acids is 1. The maximum atomic E-state index is 13.8. The summed E-state index contributed by atoms with van der Waals surface area (Å²) in [7, 11) is 0. The first-order valence-corrected chi connectivity index (χ1v) is 14.1. The zero-order chi connectivity index (χ0) is 29.0. The second-order valence-electron chi connectivity index (χ2n) is 9.72. The van der Waals surface area contributed by atoms with E-state index < -0.39 is 5.97 Å². The predicted molar refractivity (Wildman–Crippen MR) is 159 cm³/mol. The van der Waals surface area contributed by atoms with E-state index in [9.17, 15) is 19.1 Å². The lowest BCUT2D eigenvalue weighted by Crippen LogP contribution is -2.08. The average molecular weight is 670 g/mol. The fourth-order valence-corrected chi connectivity index (χ4v) is 5.64. The average Bonchev–Trinajstić information content (AvgIpc) is 2.89. The Morgan fingerprint density at radius 2 is 1.57 bits per heavy atom. The molecular weight excluding hydrogens is 643 g/mol. The monoisotopic (exact) mass is 668 g/mol. The molecule has 0 aliphatic rings. The molecule has 4 rings (SSSR count). The highest BCUT2D eigenvalue weighted by atomic mass is 79.9. The van der Waals surface area contributed by atoms with Crippen molar-refractivity contribution in [3.8, 4) is 17.2 Å². The standard InChI is InChI=1S/C32H27Br2FO5/c1-18(2)24-15-29(40-32-26(33)12-21(13-27(32)34)14-30(36)37)25(31(38)22-6-4-5-19(3)11-22)16-28(24)39-17-20-7-9-23(35)10-8-20/h4-13,15-16,18H,14,17H2,1-3H3,(H,36,37). The second kappa shape index (κ2) is 12.8. The number of hydrogen-bond donors (Lipinski definition) is 1. The zero-order valence-electron chi connectivity index (χ0n) is 22.1. The van der Waals surface area contributed by atoms with Crippen LogP contribution in [-0.2, 0) is 17.8 Å². The first kappa shape index (κ1) is 29.5. The number of carboxylic acid groups (broad SMARTS) is 1. The van der Waals surface area contributed by atoms with Crippen LogP contribution in [0.4, 0.5) is 4.39 Å². The third kappa shape index (κ3) is 7.17. The van der Waals surface area contributed by atoms with Crippen molar-refractivity contribution in [3.05, 3.63) is 121 Å². The van der Waals surface area contributed by atoms with Gasteiger partial charge in [-0.1, -0.05) is 49.7 Å². The lowest BCUT2D eigenvalue weighted by molar-refractivity contribution is -0.136. The van der Waals surface area contributed by atoms with Crippen LogP contribution in [0.3, 0.4) is 0 Å². The molecule has 0 heterocycles. The van der Waals surface area contributed by atoms with Gasteiger partial charge in [-0.25, -0.2) is 4.39 Å². The molecule has 0 saturated carbocycles. The van der Waals surface area contributed by atoms with Gasteiger partial charge in [-0.15, -0.1) is 0 Å². The molecule has 0 aliphatic heterocycles. The van der Waals surface area contributed by atoms with Crippen LogP contribution in [0.1, 0.15) is 57.9 Å². The van der Waals surface area contributed by atoms with E-state index in [2.05, 4.69) is 31.9 Å². The number of rotatable bonds is 10. The molecule has 0 fully saturated rings. The summed E-state index contributed by atoms with van der Waals surface area (Å²) >= 11 is 6.99. The van der Waals surface area contributed by atoms with Crippen LogP contribution in [0, 0.1) is 12.7 Å². The Hall–Kier alpha value is -3.49. The predicted octanol–water partition coefficient (Wildman–Crippen LogP) is 9.01. The summed E-state index contributed by atoms with van der Waals surface area (Å²) in [5, 5.41) is 9.19. The van der Waals surface area contributed by atoms with Gasteiger partial charge in [-0.3, -0.25) is 9.59 Å². The van der Waals surface area contributed by atoms with E-state index in [1.54, 1.807) is 42.5 Å². The van der Waals surface area contributed by atoms with Gasteiger partial charge in [0.05, 0.1) is 20.9 Å². The molecule has 4 aromatic carbocycles. The Labute approximate surface area is 249 Å². The Bertz CT molecular complexity index is 1540. The fourth-order valence-electron chi connectivity index (χ4n) is 4.19. The fraction of sp³-hybridized carbons (Fsp3) is 0.188. The maximum absolute atomic E-state index is 13.8. The van der Waals surface area contributed by atoms with Crippen LogP contribution in [0.15, 0.2) is 81.7 Å². The number of carboxylic acids is 1. The highest BCUT2D eigenvalue weighted by Crippen LogP contribution is 2.42. The Balaban J connectivity index is 1.80. The summed E-state index contributed by atoms with van der Waals surface area (Å²) in [5.74, 6) is -0.228. The first-order chi connectivity index (χ1) is 19.0. The summed E-state index contributed by atoms with van der Waals surface area (Å²) in [6, 6.07) is 20.2. The molecule has 0 saturated heterocycles. The minimum atomic E-state index is -0.948. The molecule has 0 unspecified atom stereocenters. The van der Waals surface area contributed by atoms with E-state index in [4.69, 9.17) is 9.47 Å². The number of benzene rings is 4. The van der Waals surface area contributed by atoms with Crippen molar-refractivity contribution in [3.63, 3.8) is 0 Å². The highest BCUT2D eigenvalue weighted by Gasteiger charge is 2.23. The number of halogens is 3. The number of carbonyl (C=O) groups is 2. The zero-order valence-corrected chi connectivity index (χ0v) is 25.3. The first-order valence-electron chi connectivity index (χ1n) is 12.6. The van der Waals surface area contributed by atoms with Gasteiger partial charge in [0, 0.05) is 11.1 Å². The largest absolute Gasteiger partial charge is 0.489 e. The number of carbonyl (C=O) groups excluding carboxylic acids is 1. The van der Waals surface area contributed by atoms with Gasteiger partial charge in [-0.05, 0) is 98.3 Å². The lowest BCUT2D eigenvalue weighted by Gasteiger charge is -2.20. The number of hydrogen-bond acceptors (Lipinski definition) is 4. The maximum Gasteiger partial charge on any atom is 0.307 e. The number of aryl methyl sites for hydroxylation is 1. The molecule has 0 aromatic heterocycles. The van der Waals surface area contributed by atoms with Crippen molar-refractivity contribution >= 4 is 43.6 Å². The molecule has 40 heavy (non-hydrogen) atoms. The minimum Gasteiger partial charge on any atom is -0.489 e. The normalized spacial score (nSPS) is 11.0.